The fourth-order valence-electron chi connectivity index (χ4n) is 2.75. The van der Waals surface area contributed by atoms with E-state index < -0.39 is 40.5 Å². The number of para-hydroxylation sites is 1. The Morgan fingerprint density at radius 1 is 0.938 bits per heavy atom. The summed E-state index contributed by atoms with van der Waals surface area (Å²) in [4.78, 5) is 37.0. The summed E-state index contributed by atoms with van der Waals surface area (Å²) in [5.74, 6) is -1.38. The monoisotopic (exact) mass is 448 g/mol. The van der Waals surface area contributed by atoms with E-state index in [0.29, 0.717) is 6.07 Å². The molecule has 0 fully saturated rings. The molecule has 1 aromatic heterocycles. The van der Waals surface area contributed by atoms with Gasteiger partial charge >= 0.3 is 12.3 Å². The van der Waals surface area contributed by atoms with Crippen LogP contribution in [0.2, 0.25) is 0 Å². The summed E-state index contributed by atoms with van der Waals surface area (Å²) in [5.41, 5.74) is -2.75. The molecular formula is C22H19F3N2O5. The molecular weight excluding hydrogens is 429 g/mol. The highest BCUT2D eigenvalue weighted by atomic mass is 19.4. The van der Waals surface area contributed by atoms with E-state index in [1.54, 1.807) is 32.9 Å². The van der Waals surface area contributed by atoms with E-state index in [0.717, 1.165) is 18.2 Å². The van der Waals surface area contributed by atoms with Gasteiger partial charge in [0.25, 0.3) is 5.91 Å². The normalized spacial score (nSPS) is 11.8. The first-order chi connectivity index (χ1) is 14.8. The number of rotatable bonds is 3. The first-order valence-electron chi connectivity index (χ1n) is 9.39. The number of hydrogen-bond donors (Lipinski definition) is 2. The molecule has 0 radical (unpaired) electrons. The molecule has 0 saturated heterocycles. The minimum atomic E-state index is -4.70. The van der Waals surface area contributed by atoms with Crippen LogP contribution in [0.5, 0.6) is 0 Å². The lowest BCUT2D eigenvalue weighted by Gasteiger charge is -2.21. The Kier molecular flexibility index (Phi) is 5.98. The maximum atomic E-state index is 13.2. The third-order valence-electron chi connectivity index (χ3n) is 4.09. The lowest BCUT2D eigenvalue weighted by Crippen LogP contribution is -2.27. The lowest BCUT2D eigenvalue weighted by atomic mass is 10.1. The Morgan fingerprint density at radius 3 is 2.28 bits per heavy atom. The molecule has 0 aliphatic heterocycles. The van der Waals surface area contributed by atoms with E-state index in [-0.39, 0.29) is 22.3 Å². The second-order valence-electron chi connectivity index (χ2n) is 7.81. The second-order valence-corrected chi connectivity index (χ2v) is 7.81. The van der Waals surface area contributed by atoms with Gasteiger partial charge in [0.15, 0.2) is 11.2 Å². The maximum absolute atomic E-state index is 13.2. The highest BCUT2D eigenvalue weighted by Gasteiger charge is 2.31. The van der Waals surface area contributed by atoms with Gasteiger partial charge in [-0.1, -0.05) is 12.1 Å². The molecule has 2 amide bonds. The standard InChI is InChI=1S/C22H19F3N2O5/c1-21(2,3)32-20(30)27-14-9-8-12(22(23,24)25)10-15(14)26-19(29)18-11-16(28)13-6-4-5-7-17(13)31-18/h4-11H,1-3H3,(H,26,29)(H,27,30). The molecule has 3 aromatic rings. The maximum Gasteiger partial charge on any atom is 0.416 e. The van der Waals surface area contributed by atoms with E-state index in [1.165, 1.54) is 12.1 Å². The van der Waals surface area contributed by atoms with Crippen LogP contribution in [0, 0.1) is 0 Å². The topological polar surface area (TPSA) is 97.6 Å². The molecule has 10 heteroatoms. The third kappa shape index (κ3) is 5.45. The van der Waals surface area contributed by atoms with Crippen molar-refractivity contribution in [1.29, 1.82) is 0 Å². The Morgan fingerprint density at radius 2 is 1.62 bits per heavy atom. The molecule has 1 heterocycles. The van der Waals surface area contributed by atoms with Gasteiger partial charge in [0.2, 0.25) is 0 Å². The number of carbonyl (C=O) groups is 2. The van der Waals surface area contributed by atoms with Gasteiger partial charge in [-0.15, -0.1) is 0 Å². The highest BCUT2D eigenvalue weighted by Crippen LogP contribution is 2.34. The zero-order valence-corrected chi connectivity index (χ0v) is 17.3. The van der Waals surface area contributed by atoms with Gasteiger partial charge in [-0.2, -0.15) is 13.2 Å². The summed E-state index contributed by atoms with van der Waals surface area (Å²) in [5, 5.41) is 4.81. The van der Waals surface area contributed by atoms with Gasteiger partial charge in [0, 0.05) is 6.07 Å². The van der Waals surface area contributed by atoms with Crippen molar-refractivity contribution in [3.8, 4) is 0 Å². The fraction of sp³-hybridized carbons (Fsp3) is 0.227. The largest absolute Gasteiger partial charge is 0.451 e. The second kappa shape index (κ2) is 8.37. The van der Waals surface area contributed by atoms with Crippen LogP contribution in [0.3, 0.4) is 0 Å². The van der Waals surface area contributed by atoms with Crippen molar-refractivity contribution in [1.82, 2.24) is 0 Å². The average molecular weight is 448 g/mol. The summed E-state index contributed by atoms with van der Waals surface area (Å²) < 4.78 is 50.1. The van der Waals surface area contributed by atoms with Crippen LogP contribution in [0.15, 0.2) is 57.7 Å². The van der Waals surface area contributed by atoms with Crippen molar-refractivity contribution in [2.45, 2.75) is 32.5 Å². The van der Waals surface area contributed by atoms with Crippen LogP contribution in [-0.2, 0) is 10.9 Å². The summed E-state index contributed by atoms with van der Waals surface area (Å²) in [6.07, 6.45) is -5.62. The van der Waals surface area contributed by atoms with Crippen LogP contribution < -0.4 is 16.1 Å². The first-order valence-corrected chi connectivity index (χ1v) is 9.39. The first kappa shape index (κ1) is 22.9. The minimum Gasteiger partial charge on any atom is -0.451 e. The number of hydrogen-bond acceptors (Lipinski definition) is 5. The van der Waals surface area contributed by atoms with E-state index in [1.807, 2.05) is 0 Å². The van der Waals surface area contributed by atoms with E-state index in [9.17, 15) is 27.6 Å². The molecule has 0 aliphatic carbocycles. The van der Waals surface area contributed by atoms with Gasteiger partial charge in [0.05, 0.1) is 22.3 Å². The summed E-state index contributed by atoms with van der Waals surface area (Å²) in [7, 11) is 0. The molecule has 0 bridgehead atoms. The molecule has 3 rings (SSSR count). The molecule has 7 nitrogen and oxygen atoms in total. The predicted molar refractivity (Wildman–Crippen MR) is 112 cm³/mol. The fourth-order valence-corrected chi connectivity index (χ4v) is 2.75. The Balaban J connectivity index is 1.96. The molecule has 0 unspecified atom stereocenters. The molecule has 168 valence electrons. The van der Waals surface area contributed by atoms with E-state index in [2.05, 4.69) is 10.6 Å². The van der Waals surface area contributed by atoms with Crippen molar-refractivity contribution in [3.05, 3.63) is 70.1 Å². The van der Waals surface area contributed by atoms with Gasteiger partial charge in [-0.3, -0.25) is 14.9 Å². The quantitative estimate of drug-likeness (QED) is 0.558. The number of fused-ring (bicyclic) bond motifs is 1. The minimum absolute atomic E-state index is 0.135. The van der Waals surface area contributed by atoms with Crippen LogP contribution in [0.25, 0.3) is 11.0 Å². The SMILES string of the molecule is CC(C)(C)OC(=O)Nc1ccc(C(F)(F)F)cc1NC(=O)c1cc(=O)c2ccccc2o1. The number of anilines is 2. The number of carbonyl (C=O) groups excluding carboxylic acids is 2. The molecule has 2 aromatic carbocycles. The van der Waals surface area contributed by atoms with Gasteiger partial charge in [0.1, 0.15) is 11.2 Å². The number of alkyl halides is 3. The van der Waals surface area contributed by atoms with Crippen LogP contribution in [-0.4, -0.2) is 17.6 Å². The number of nitrogens with one attached hydrogen (secondary N) is 2. The Hall–Kier alpha value is -3.82. The highest BCUT2D eigenvalue weighted by molar-refractivity contribution is 6.06. The van der Waals surface area contributed by atoms with Crippen LogP contribution in [0.1, 0.15) is 36.9 Å². The van der Waals surface area contributed by atoms with E-state index >= 15 is 0 Å². The van der Waals surface area contributed by atoms with Crippen molar-refractivity contribution in [3.63, 3.8) is 0 Å². The molecule has 32 heavy (non-hydrogen) atoms. The average Bonchev–Trinajstić information content (AvgIpc) is 2.67. The lowest BCUT2D eigenvalue weighted by molar-refractivity contribution is -0.137. The molecule has 0 saturated carbocycles. The predicted octanol–water partition coefficient (Wildman–Crippen LogP) is 5.41. The molecule has 0 spiro atoms. The summed E-state index contributed by atoms with van der Waals surface area (Å²) >= 11 is 0. The van der Waals surface area contributed by atoms with Gasteiger partial charge in [-0.25, -0.2) is 4.79 Å². The summed E-state index contributed by atoms with van der Waals surface area (Å²) in [6.45, 7) is 4.84. The summed E-state index contributed by atoms with van der Waals surface area (Å²) in [6, 6.07) is 9.54. The number of benzene rings is 2. The molecule has 2 N–H and O–H groups in total. The molecule has 0 atom stereocenters. The van der Waals surface area contributed by atoms with Crippen molar-refractivity contribution in [2.24, 2.45) is 0 Å². The Labute approximate surface area is 180 Å². The zero-order chi connectivity index (χ0) is 23.7. The van der Waals surface area contributed by atoms with Gasteiger partial charge < -0.3 is 14.5 Å². The number of halogens is 3. The molecule has 0 aliphatic rings. The Bertz CT molecular complexity index is 1240. The third-order valence-corrected chi connectivity index (χ3v) is 4.09. The van der Waals surface area contributed by atoms with E-state index in [4.69, 9.17) is 9.15 Å². The smallest absolute Gasteiger partial charge is 0.416 e. The van der Waals surface area contributed by atoms with Crippen molar-refractivity contribution >= 4 is 34.3 Å². The van der Waals surface area contributed by atoms with Crippen molar-refractivity contribution in [2.75, 3.05) is 10.6 Å². The number of amides is 2. The van der Waals surface area contributed by atoms with Crippen LogP contribution >= 0.6 is 0 Å². The van der Waals surface area contributed by atoms with Crippen molar-refractivity contribution < 1.29 is 31.9 Å². The zero-order valence-electron chi connectivity index (χ0n) is 17.3. The van der Waals surface area contributed by atoms with Gasteiger partial charge in [-0.05, 0) is 51.1 Å². The van der Waals surface area contributed by atoms with Crippen LogP contribution in [0.4, 0.5) is 29.3 Å². The number of ether oxygens (including phenoxy) is 1.